The third kappa shape index (κ3) is 4.37. The van der Waals surface area contributed by atoms with Crippen LogP contribution in [0, 0.1) is 5.82 Å². The second-order valence-corrected chi connectivity index (χ2v) is 8.76. The fraction of sp³-hybridized carbons (Fsp3) is 0.385. The average Bonchev–Trinajstić information content (AvgIpc) is 3.59. The molecule has 6 nitrogen and oxygen atoms in total. The Labute approximate surface area is 193 Å². The zero-order valence-corrected chi connectivity index (χ0v) is 18.9. The maximum atomic E-state index is 13.4. The molecule has 1 atom stereocenters. The standard InChI is InChI=1S/C26H29FN4O2/c1-33-21-7-4-6-18(16-21)24(30-14-2-3-15-30)17-28-26(32)25-22-8-5-9-23(22)31(29-25)20-12-10-19(27)11-13-20/h4,6-7,10-13,16,24H,2-3,5,8-9,14-15,17H2,1H3,(H,28,32). The smallest absolute Gasteiger partial charge is 0.272 e. The van der Waals surface area contributed by atoms with Crippen LogP contribution in [-0.2, 0) is 12.8 Å². The number of rotatable bonds is 7. The Morgan fingerprint density at radius 3 is 2.67 bits per heavy atom. The lowest BCUT2D eigenvalue weighted by Gasteiger charge is -2.28. The fourth-order valence-corrected chi connectivity index (χ4v) is 5.05. The van der Waals surface area contributed by atoms with Crippen molar-refractivity contribution in [3.8, 4) is 11.4 Å². The van der Waals surface area contributed by atoms with Gasteiger partial charge in [0.2, 0.25) is 0 Å². The van der Waals surface area contributed by atoms with E-state index in [4.69, 9.17) is 4.74 Å². The summed E-state index contributed by atoms with van der Waals surface area (Å²) in [7, 11) is 1.67. The Kier molecular flexibility index (Phi) is 6.13. The molecule has 172 valence electrons. The number of hydrogen-bond acceptors (Lipinski definition) is 4. The van der Waals surface area contributed by atoms with Crippen LogP contribution in [0.25, 0.3) is 5.69 Å². The maximum absolute atomic E-state index is 13.4. The van der Waals surface area contributed by atoms with Crippen molar-refractivity contribution in [1.29, 1.82) is 0 Å². The minimum atomic E-state index is -0.286. The first-order valence-electron chi connectivity index (χ1n) is 11.7. The van der Waals surface area contributed by atoms with Crippen molar-refractivity contribution >= 4 is 5.91 Å². The molecule has 1 N–H and O–H groups in total. The van der Waals surface area contributed by atoms with Crippen LogP contribution in [0.5, 0.6) is 5.75 Å². The van der Waals surface area contributed by atoms with E-state index in [1.54, 1.807) is 23.9 Å². The first kappa shape index (κ1) is 21.6. The van der Waals surface area contributed by atoms with Gasteiger partial charge in [-0.25, -0.2) is 9.07 Å². The summed E-state index contributed by atoms with van der Waals surface area (Å²) in [6.45, 7) is 2.54. The van der Waals surface area contributed by atoms with E-state index >= 15 is 0 Å². The van der Waals surface area contributed by atoms with Gasteiger partial charge in [-0.3, -0.25) is 9.69 Å². The van der Waals surface area contributed by atoms with E-state index in [1.807, 2.05) is 12.1 Å². The summed E-state index contributed by atoms with van der Waals surface area (Å²) in [4.78, 5) is 15.7. The minimum Gasteiger partial charge on any atom is -0.497 e. The molecule has 1 aliphatic carbocycles. The zero-order chi connectivity index (χ0) is 22.8. The summed E-state index contributed by atoms with van der Waals surface area (Å²) in [6.07, 6.45) is 5.04. The molecule has 0 spiro atoms. The van der Waals surface area contributed by atoms with Crippen LogP contribution >= 0.6 is 0 Å². The van der Waals surface area contributed by atoms with Crippen molar-refractivity contribution < 1.29 is 13.9 Å². The van der Waals surface area contributed by atoms with Gasteiger partial charge < -0.3 is 10.1 Å². The quantitative estimate of drug-likeness (QED) is 0.592. The van der Waals surface area contributed by atoms with Crippen LogP contribution < -0.4 is 10.1 Å². The van der Waals surface area contributed by atoms with E-state index in [0.29, 0.717) is 12.2 Å². The largest absolute Gasteiger partial charge is 0.497 e. The van der Waals surface area contributed by atoms with Crippen molar-refractivity contribution in [3.63, 3.8) is 0 Å². The van der Waals surface area contributed by atoms with Gasteiger partial charge in [0.1, 0.15) is 11.6 Å². The summed E-state index contributed by atoms with van der Waals surface area (Å²) in [5, 5.41) is 7.81. The van der Waals surface area contributed by atoms with Gasteiger partial charge in [-0.1, -0.05) is 12.1 Å². The molecule has 1 aliphatic heterocycles. The van der Waals surface area contributed by atoms with Gasteiger partial charge in [-0.15, -0.1) is 0 Å². The van der Waals surface area contributed by atoms with E-state index in [9.17, 15) is 9.18 Å². The van der Waals surface area contributed by atoms with Crippen molar-refractivity contribution in [2.24, 2.45) is 0 Å². The number of carbonyl (C=O) groups excluding carboxylic acids is 1. The highest BCUT2D eigenvalue weighted by Crippen LogP contribution is 2.29. The Morgan fingerprint density at radius 1 is 1.12 bits per heavy atom. The second kappa shape index (κ2) is 9.35. The van der Waals surface area contributed by atoms with Gasteiger partial charge in [0.15, 0.2) is 5.69 Å². The summed E-state index contributed by atoms with van der Waals surface area (Å²) in [5.74, 6) is 0.381. The van der Waals surface area contributed by atoms with Crippen LogP contribution in [0.2, 0.25) is 0 Å². The number of ether oxygens (including phenoxy) is 1. The summed E-state index contributed by atoms with van der Waals surface area (Å²) in [5.41, 5.74) is 4.46. The Morgan fingerprint density at radius 2 is 1.91 bits per heavy atom. The second-order valence-electron chi connectivity index (χ2n) is 8.76. The van der Waals surface area contributed by atoms with E-state index in [-0.39, 0.29) is 17.8 Å². The maximum Gasteiger partial charge on any atom is 0.272 e. The molecule has 1 aromatic heterocycles. The summed E-state index contributed by atoms with van der Waals surface area (Å²) in [6, 6.07) is 14.4. The number of fused-ring (bicyclic) bond motifs is 1. The summed E-state index contributed by atoms with van der Waals surface area (Å²) >= 11 is 0. The molecule has 1 saturated heterocycles. The van der Waals surface area contributed by atoms with Gasteiger partial charge >= 0.3 is 0 Å². The number of nitrogens with zero attached hydrogens (tertiary/aromatic N) is 3. The fourth-order valence-electron chi connectivity index (χ4n) is 5.05. The Balaban J connectivity index is 1.38. The van der Waals surface area contributed by atoms with Crippen molar-refractivity contribution in [2.75, 3.05) is 26.7 Å². The molecular weight excluding hydrogens is 419 g/mol. The number of likely N-dealkylation sites (tertiary alicyclic amines) is 1. The predicted octanol–water partition coefficient (Wildman–Crippen LogP) is 4.08. The van der Waals surface area contributed by atoms with Crippen LogP contribution in [0.15, 0.2) is 48.5 Å². The summed E-state index contributed by atoms with van der Waals surface area (Å²) < 4.78 is 20.6. The molecule has 2 aliphatic rings. The number of methoxy groups -OCH3 is 1. The van der Waals surface area contributed by atoms with Gasteiger partial charge in [-0.2, -0.15) is 5.10 Å². The van der Waals surface area contributed by atoms with Gasteiger partial charge in [-0.05, 0) is 87.2 Å². The lowest BCUT2D eigenvalue weighted by molar-refractivity contribution is 0.0931. The molecule has 3 aromatic rings. The molecule has 0 radical (unpaired) electrons. The zero-order valence-electron chi connectivity index (χ0n) is 18.9. The molecule has 0 saturated carbocycles. The molecule has 2 aromatic carbocycles. The third-order valence-electron chi connectivity index (χ3n) is 6.73. The van der Waals surface area contributed by atoms with Gasteiger partial charge in [0.05, 0.1) is 18.8 Å². The third-order valence-corrected chi connectivity index (χ3v) is 6.73. The lowest BCUT2D eigenvalue weighted by atomic mass is 10.0. The van der Waals surface area contributed by atoms with Crippen LogP contribution in [0.1, 0.15) is 52.6 Å². The molecule has 1 unspecified atom stereocenters. The first-order valence-corrected chi connectivity index (χ1v) is 11.7. The SMILES string of the molecule is COc1cccc(C(CNC(=O)c2nn(-c3ccc(F)cc3)c3c2CCC3)N2CCCC2)c1. The predicted molar refractivity (Wildman–Crippen MR) is 124 cm³/mol. The number of nitrogens with one attached hydrogen (secondary N) is 1. The van der Waals surface area contributed by atoms with Crippen molar-refractivity contribution in [1.82, 2.24) is 20.0 Å². The highest BCUT2D eigenvalue weighted by atomic mass is 19.1. The Hall–Kier alpha value is -3.19. The molecule has 5 rings (SSSR count). The number of benzene rings is 2. The molecule has 0 bridgehead atoms. The lowest BCUT2D eigenvalue weighted by Crippen LogP contribution is -2.37. The highest BCUT2D eigenvalue weighted by molar-refractivity contribution is 5.94. The molecule has 1 fully saturated rings. The molecule has 2 heterocycles. The Bertz CT molecular complexity index is 1140. The number of aromatic nitrogens is 2. The van der Waals surface area contributed by atoms with Crippen molar-refractivity contribution in [2.45, 2.75) is 38.1 Å². The van der Waals surface area contributed by atoms with Gasteiger partial charge in [0.25, 0.3) is 5.91 Å². The first-order chi connectivity index (χ1) is 16.1. The van der Waals surface area contributed by atoms with E-state index in [2.05, 4.69) is 27.4 Å². The minimum absolute atomic E-state index is 0.0822. The highest BCUT2D eigenvalue weighted by Gasteiger charge is 2.29. The molecule has 7 heteroatoms. The molecule has 1 amide bonds. The van der Waals surface area contributed by atoms with Gasteiger partial charge in [0, 0.05) is 17.8 Å². The average molecular weight is 449 g/mol. The number of halogens is 1. The molecule has 33 heavy (non-hydrogen) atoms. The monoisotopic (exact) mass is 448 g/mol. The molecular formula is C26H29FN4O2. The van der Waals surface area contributed by atoms with E-state index < -0.39 is 0 Å². The van der Waals surface area contributed by atoms with E-state index in [1.165, 1.54) is 25.0 Å². The number of hydrogen-bond donors (Lipinski definition) is 1. The topological polar surface area (TPSA) is 59.4 Å². The van der Waals surface area contributed by atoms with Crippen LogP contribution in [0.4, 0.5) is 4.39 Å². The van der Waals surface area contributed by atoms with E-state index in [0.717, 1.165) is 60.6 Å². The van der Waals surface area contributed by atoms with Crippen LogP contribution in [-0.4, -0.2) is 47.3 Å². The number of carbonyl (C=O) groups is 1. The van der Waals surface area contributed by atoms with Crippen molar-refractivity contribution in [3.05, 3.63) is 76.9 Å². The number of amides is 1. The normalized spacial score (nSPS) is 16.5. The van der Waals surface area contributed by atoms with Crippen LogP contribution in [0.3, 0.4) is 0 Å².